The SMILES string of the molecule is Cn1c(Br)cnc1C(=O)c1ccccc1. The van der Waals surface area contributed by atoms with E-state index in [0.717, 1.165) is 4.60 Å². The molecule has 0 atom stereocenters. The standard InChI is InChI=1S/C11H9BrN2O/c1-14-9(12)7-13-11(14)10(15)8-5-3-2-4-6-8/h2-7H,1H3. The molecular weight excluding hydrogens is 256 g/mol. The summed E-state index contributed by atoms with van der Waals surface area (Å²) in [5, 5.41) is 0. The lowest BCUT2D eigenvalue weighted by atomic mass is 10.1. The van der Waals surface area contributed by atoms with Gasteiger partial charge in [0.15, 0.2) is 5.82 Å². The molecule has 15 heavy (non-hydrogen) atoms. The van der Waals surface area contributed by atoms with E-state index in [-0.39, 0.29) is 5.78 Å². The Balaban J connectivity index is 2.42. The minimum absolute atomic E-state index is 0.0659. The molecular formula is C11H9BrN2O. The van der Waals surface area contributed by atoms with Crippen LogP contribution < -0.4 is 0 Å². The highest BCUT2D eigenvalue weighted by Crippen LogP contribution is 2.13. The van der Waals surface area contributed by atoms with Crippen LogP contribution in [0.5, 0.6) is 0 Å². The average Bonchev–Trinajstić information content (AvgIpc) is 2.60. The van der Waals surface area contributed by atoms with Gasteiger partial charge in [-0.25, -0.2) is 4.98 Å². The Kier molecular flexibility index (Phi) is 2.68. The van der Waals surface area contributed by atoms with Gasteiger partial charge in [0.1, 0.15) is 4.60 Å². The fraction of sp³-hybridized carbons (Fsp3) is 0.0909. The third kappa shape index (κ3) is 1.85. The Morgan fingerprint density at radius 1 is 1.33 bits per heavy atom. The van der Waals surface area contributed by atoms with Crippen LogP contribution in [0.3, 0.4) is 0 Å². The summed E-state index contributed by atoms with van der Waals surface area (Å²) < 4.78 is 2.51. The Labute approximate surface area is 95.9 Å². The molecule has 0 aliphatic heterocycles. The van der Waals surface area contributed by atoms with Gasteiger partial charge in [-0.05, 0) is 15.9 Å². The number of halogens is 1. The zero-order chi connectivity index (χ0) is 10.8. The zero-order valence-corrected chi connectivity index (χ0v) is 9.73. The van der Waals surface area contributed by atoms with Gasteiger partial charge in [0.25, 0.3) is 0 Å². The second-order valence-electron chi connectivity index (χ2n) is 3.16. The van der Waals surface area contributed by atoms with Crippen LogP contribution in [0.1, 0.15) is 16.2 Å². The van der Waals surface area contributed by atoms with Gasteiger partial charge in [-0.15, -0.1) is 0 Å². The van der Waals surface area contributed by atoms with Crippen molar-refractivity contribution in [3.8, 4) is 0 Å². The molecule has 0 saturated heterocycles. The molecule has 3 nitrogen and oxygen atoms in total. The van der Waals surface area contributed by atoms with Gasteiger partial charge in [-0.2, -0.15) is 0 Å². The number of hydrogen-bond donors (Lipinski definition) is 0. The second-order valence-corrected chi connectivity index (χ2v) is 3.97. The molecule has 0 radical (unpaired) electrons. The van der Waals surface area contributed by atoms with Gasteiger partial charge >= 0.3 is 0 Å². The average molecular weight is 265 g/mol. The van der Waals surface area contributed by atoms with Gasteiger partial charge < -0.3 is 4.57 Å². The van der Waals surface area contributed by atoms with Crippen molar-refractivity contribution in [2.45, 2.75) is 0 Å². The van der Waals surface area contributed by atoms with Crippen LogP contribution in [0.4, 0.5) is 0 Å². The number of hydrogen-bond acceptors (Lipinski definition) is 2. The molecule has 76 valence electrons. The first kappa shape index (κ1) is 10.1. The lowest BCUT2D eigenvalue weighted by molar-refractivity contribution is 0.102. The van der Waals surface area contributed by atoms with Crippen molar-refractivity contribution in [3.05, 3.63) is 52.5 Å². The first-order chi connectivity index (χ1) is 7.20. The topological polar surface area (TPSA) is 34.9 Å². The fourth-order valence-corrected chi connectivity index (χ4v) is 1.59. The van der Waals surface area contributed by atoms with Gasteiger partial charge in [0, 0.05) is 12.6 Å². The van der Waals surface area contributed by atoms with E-state index in [2.05, 4.69) is 20.9 Å². The van der Waals surface area contributed by atoms with Crippen LogP contribution in [0.2, 0.25) is 0 Å². The van der Waals surface area contributed by atoms with Crippen molar-refractivity contribution in [2.75, 3.05) is 0 Å². The van der Waals surface area contributed by atoms with Crippen LogP contribution >= 0.6 is 15.9 Å². The smallest absolute Gasteiger partial charge is 0.228 e. The molecule has 1 aromatic heterocycles. The van der Waals surface area contributed by atoms with Crippen LogP contribution in [0.25, 0.3) is 0 Å². The molecule has 2 aromatic rings. The quantitative estimate of drug-likeness (QED) is 0.781. The first-order valence-electron chi connectivity index (χ1n) is 4.47. The summed E-state index contributed by atoms with van der Waals surface area (Å²) in [6.07, 6.45) is 1.62. The minimum Gasteiger partial charge on any atom is -0.319 e. The predicted octanol–water partition coefficient (Wildman–Crippen LogP) is 2.41. The Morgan fingerprint density at radius 2 is 2.00 bits per heavy atom. The van der Waals surface area contributed by atoms with Crippen LogP contribution in [0.15, 0.2) is 41.1 Å². The summed E-state index contributed by atoms with van der Waals surface area (Å²) in [4.78, 5) is 16.0. The molecule has 0 aliphatic carbocycles. The molecule has 0 amide bonds. The third-order valence-corrected chi connectivity index (χ3v) is 2.91. The normalized spacial score (nSPS) is 10.3. The van der Waals surface area contributed by atoms with E-state index in [4.69, 9.17) is 0 Å². The molecule has 0 aliphatic rings. The summed E-state index contributed by atoms with van der Waals surface area (Å²) in [6.45, 7) is 0. The van der Waals surface area contributed by atoms with Crippen LogP contribution in [-0.4, -0.2) is 15.3 Å². The summed E-state index contributed by atoms with van der Waals surface area (Å²) in [6, 6.07) is 9.12. The molecule has 0 bridgehead atoms. The van der Waals surface area contributed by atoms with Gasteiger partial charge in [-0.1, -0.05) is 30.3 Å². The van der Waals surface area contributed by atoms with E-state index in [1.807, 2.05) is 18.2 Å². The third-order valence-electron chi connectivity index (χ3n) is 2.17. The van der Waals surface area contributed by atoms with E-state index in [0.29, 0.717) is 11.4 Å². The fourth-order valence-electron chi connectivity index (χ4n) is 1.32. The van der Waals surface area contributed by atoms with Crippen molar-refractivity contribution in [1.82, 2.24) is 9.55 Å². The Hall–Kier alpha value is -1.42. The maximum atomic E-state index is 12.0. The number of benzene rings is 1. The number of ketones is 1. The molecule has 0 fully saturated rings. The van der Waals surface area contributed by atoms with E-state index < -0.39 is 0 Å². The Bertz CT molecular complexity index is 491. The number of carbonyl (C=O) groups is 1. The maximum Gasteiger partial charge on any atom is 0.228 e. The highest BCUT2D eigenvalue weighted by molar-refractivity contribution is 9.10. The summed E-state index contributed by atoms with van der Waals surface area (Å²) >= 11 is 3.31. The molecule has 1 heterocycles. The maximum absolute atomic E-state index is 12.0. The first-order valence-corrected chi connectivity index (χ1v) is 5.26. The number of rotatable bonds is 2. The molecule has 0 spiro atoms. The van der Waals surface area contributed by atoms with Crippen molar-refractivity contribution >= 4 is 21.7 Å². The van der Waals surface area contributed by atoms with E-state index in [1.54, 1.807) is 29.9 Å². The number of carbonyl (C=O) groups excluding carboxylic acids is 1. The molecule has 2 rings (SSSR count). The van der Waals surface area contributed by atoms with Gasteiger partial charge in [0.05, 0.1) is 6.20 Å². The lowest BCUT2D eigenvalue weighted by Gasteiger charge is -2.01. The number of nitrogens with zero attached hydrogens (tertiary/aromatic N) is 2. The highest BCUT2D eigenvalue weighted by atomic mass is 79.9. The van der Waals surface area contributed by atoms with Crippen molar-refractivity contribution < 1.29 is 4.79 Å². The van der Waals surface area contributed by atoms with Gasteiger partial charge in [-0.3, -0.25) is 4.79 Å². The van der Waals surface area contributed by atoms with Crippen molar-refractivity contribution in [3.63, 3.8) is 0 Å². The van der Waals surface area contributed by atoms with Crippen LogP contribution in [-0.2, 0) is 7.05 Å². The highest BCUT2D eigenvalue weighted by Gasteiger charge is 2.14. The molecule has 0 unspecified atom stereocenters. The Morgan fingerprint density at radius 3 is 2.53 bits per heavy atom. The molecule has 0 N–H and O–H groups in total. The zero-order valence-electron chi connectivity index (χ0n) is 8.14. The van der Waals surface area contributed by atoms with E-state index >= 15 is 0 Å². The summed E-state index contributed by atoms with van der Waals surface area (Å²) in [7, 11) is 1.80. The van der Waals surface area contributed by atoms with Gasteiger partial charge in [0.2, 0.25) is 5.78 Å². The lowest BCUT2D eigenvalue weighted by Crippen LogP contribution is -2.08. The molecule has 4 heteroatoms. The van der Waals surface area contributed by atoms with Crippen molar-refractivity contribution in [1.29, 1.82) is 0 Å². The predicted molar refractivity (Wildman–Crippen MR) is 60.8 cm³/mol. The summed E-state index contributed by atoms with van der Waals surface area (Å²) in [5.41, 5.74) is 0.652. The van der Waals surface area contributed by atoms with E-state index in [1.165, 1.54) is 0 Å². The molecule has 1 aromatic carbocycles. The van der Waals surface area contributed by atoms with Crippen molar-refractivity contribution in [2.24, 2.45) is 7.05 Å². The number of imidazole rings is 1. The monoisotopic (exact) mass is 264 g/mol. The van der Waals surface area contributed by atoms with Crippen LogP contribution in [0, 0.1) is 0 Å². The number of aromatic nitrogens is 2. The second kappa shape index (κ2) is 3.98. The largest absolute Gasteiger partial charge is 0.319 e. The minimum atomic E-state index is -0.0659. The summed E-state index contributed by atoms with van der Waals surface area (Å²) in [5.74, 6) is 0.372. The van der Waals surface area contributed by atoms with E-state index in [9.17, 15) is 4.79 Å². The molecule has 0 saturated carbocycles.